The van der Waals surface area contributed by atoms with Crippen molar-refractivity contribution in [1.29, 1.82) is 0 Å². The molecule has 9 heteroatoms. The van der Waals surface area contributed by atoms with Crippen LogP contribution in [0.3, 0.4) is 0 Å². The van der Waals surface area contributed by atoms with Crippen molar-refractivity contribution in [1.82, 2.24) is 20.9 Å². The number of halogens is 2. The maximum atomic E-state index is 13.1. The fraction of sp³-hybridized carbons (Fsp3) is 0.471. The quantitative estimate of drug-likeness (QED) is 0.222. The molecule has 0 saturated carbocycles. The van der Waals surface area contributed by atoms with Gasteiger partial charge in [-0.25, -0.2) is 9.38 Å². The third-order valence-electron chi connectivity index (χ3n) is 3.21. The topological polar surface area (TPSA) is 85.8 Å². The third kappa shape index (κ3) is 10.2. The van der Waals surface area contributed by atoms with E-state index in [4.69, 9.17) is 0 Å². The van der Waals surface area contributed by atoms with Crippen molar-refractivity contribution in [2.45, 2.75) is 13.3 Å². The van der Waals surface area contributed by atoms with Gasteiger partial charge in [-0.3, -0.25) is 9.59 Å². The van der Waals surface area contributed by atoms with Crippen molar-refractivity contribution < 1.29 is 14.0 Å². The molecule has 1 aromatic rings. The minimum absolute atomic E-state index is 0. The Labute approximate surface area is 170 Å². The molecular weight excluding hydrogens is 452 g/mol. The van der Waals surface area contributed by atoms with E-state index in [0.29, 0.717) is 31.2 Å². The molecule has 0 spiro atoms. The predicted octanol–water partition coefficient (Wildman–Crippen LogP) is 0.746. The first-order chi connectivity index (χ1) is 11.9. The van der Waals surface area contributed by atoms with Gasteiger partial charge in [-0.05, 0) is 24.6 Å². The highest BCUT2D eigenvalue weighted by Gasteiger charge is 2.05. The number of benzene rings is 1. The van der Waals surface area contributed by atoms with Gasteiger partial charge in [-0.1, -0.05) is 12.1 Å². The minimum atomic E-state index is -0.356. The van der Waals surface area contributed by atoms with Crippen LogP contribution in [0.15, 0.2) is 29.3 Å². The normalized spacial score (nSPS) is 10.5. The highest BCUT2D eigenvalue weighted by atomic mass is 127. The van der Waals surface area contributed by atoms with Gasteiger partial charge in [-0.15, -0.1) is 24.0 Å². The van der Waals surface area contributed by atoms with Crippen LogP contribution in [0.5, 0.6) is 0 Å². The summed E-state index contributed by atoms with van der Waals surface area (Å²) in [6, 6.07) is 5.97. The summed E-state index contributed by atoms with van der Waals surface area (Å²) in [7, 11) is 3.35. The Morgan fingerprint density at radius 2 is 1.85 bits per heavy atom. The number of rotatable bonds is 8. The molecule has 1 rings (SSSR count). The van der Waals surface area contributed by atoms with Gasteiger partial charge in [0.2, 0.25) is 11.8 Å². The Bertz CT molecular complexity index is 611. The summed E-state index contributed by atoms with van der Waals surface area (Å²) in [5, 5.41) is 8.81. The number of likely N-dealkylation sites (N-methyl/N-ethyl adjacent to an activating group) is 1. The molecule has 0 saturated heterocycles. The van der Waals surface area contributed by atoms with Gasteiger partial charge in [0.1, 0.15) is 12.4 Å². The van der Waals surface area contributed by atoms with E-state index in [-0.39, 0.29) is 54.6 Å². The van der Waals surface area contributed by atoms with Crippen LogP contribution in [0.25, 0.3) is 0 Å². The fourth-order valence-electron chi connectivity index (χ4n) is 1.91. The van der Waals surface area contributed by atoms with Crippen molar-refractivity contribution in [3.05, 3.63) is 35.6 Å². The molecule has 1 aromatic carbocycles. The lowest BCUT2D eigenvalue weighted by Gasteiger charge is -2.13. The first-order valence-corrected chi connectivity index (χ1v) is 8.15. The van der Waals surface area contributed by atoms with Gasteiger partial charge in [0, 0.05) is 33.7 Å². The lowest BCUT2D eigenvalue weighted by atomic mass is 10.1. The van der Waals surface area contributed by atoms with Crippen molar-refractivity contribution in [3.63, 3.8) is 0 Å². The van der Waals surface area contributed by atoms with E-state index in [9.17, 15) is 14.0 Å². The molecule has 2 amide bonds. The monoisotopic (exact) mass is 479 g/mol. The second-order valence-electron chi connectivity index (χ2n) is 5.57. The van der Waals surface area contributed by atoms with Crippen LogP contribution in [0.2, 0.25) is 0 Å². The third-order valence-corrected chi connectivity index (χ3v) is 3.21. The molecule has 3 N–H and O–H groups in total. The molecule has 0 fully saturated rings. The number of nitrogens with zero attached hydrogens (tertiary/aromatic N) is 2. The second kappa shape index (κ2) is 13.3. The smallest absolute Gasteiger partial charge is 0.243 e. The zero-order valence-corrected chi connectivity index (χ0v) is 17.7. The zero-order valence-electron chi connectivity index (χ0n) is 15.3. The van der Waals surface area contributed by atoms with Crippen molar-refractivity contribution in [2.24, 2.45) is 4.99 Å². The number of carbonyl (C=O) groups is 2. The Morgan fingerprint density at radius 3 is 2.46 bits per heavy atom. The summed E-state index contributed by atoms with van der Waals surface area (Å²) in [6.45, 7) is 3.48. The van der Waals surface area contributed by atoms with Gasteiger partial charge in [-0.2, -0.15) is 0 Å². The van der Waals surface area contributed by atoms with Crippen LogP contribution in [0.1, 0.15) is 12.5 Å². The van der Waals surface area contributed by atoms with Crippen LogP contribution in [0, 0.1) is 5.82 Å². The first-order valence-electron chi connectivity index (χ1n) is 8.15. The average Bonchev–Trinajstić information content (AvgIpc) is 2.55. The lowest BCUT2D eigenvalue weighted by molar-refractivity contribution is -0.127. The lowest BCUT2D eigenvalue weighted by Crippen LogP contribution is -2.42. The highest BCUT2D eigenvalue weighted by molar-refractivity contribution is 14.0. The zero-order chi connectivity index (χ0) is 18.7. The largest absolute Gasteiger partial charge is 0.357 e. The summed E-state index contributed by atoms with van der Waals surface area (Å²) < 4.78 is 13.1. The van der Waals surface area contributed by atoms with E-state index in [0.717, 1.165) is 0 Å². The van der Waals surface area contributed by atoms with Crippen molar-refractivity contribution >= 4 is 41.8 Å². The summed E-state index contributed by atoms with van der Waals surface area (Å²) >= 11 is 0. The van der Waals surface area contributed by atoms with Crippen LogP contribution < -0.4 is 16.0 Å². The number of guanidine groups is 1. The van der Waals surface area contributed by atoms with Crippen LogP contribution >= 0.6 is 24.0 Å². The molecule has 7 nitrogen and oxygen atoms in total. The molecule has 0 aliphatic carbocycles. The molecule has 0 aliphatic rings. The van der Waals surface area contributed by atoms with Crippen molar-refractivity contribution in [2.75, 3.05) is 40.3 Å². The second-order valence-corrected chi connectivity index (χ2v) is 5.57. The van der Waals surface area contributed by atoms with Crippen LogP contribution in [-0.4, -0.2) is 62.9 Å². The first kappa shape index (κ1) is 24.1. The SMILES string of the molecule is CCNC(=NCC(=O)N(C)C)NCCNC(=O)Cc1cccc(F)c1.I. The molecule has 26 heavy (non-hydrogen) atoms. The van der Waals surface area contributed by atoms with E-state index < -0.39 is 0 Å². The number of hydrogen-bond donors (Lipinski definition) is 3. The van der Waals surface area contributed by atoms with Crippen LogP contribution in [-0.2, 0) is 16.0 Å². The summed E-state index contributed by atoms with van der Waals surface area (Å²) in [4.78, 5) is 29.0. The molecule has 0 radical (unpaired) electrons. The van der Waals surface area contributed by atoms with Gasteiger partial charge in [0.15, 0.2) is 5.96 Å². The Kier molecular flexibility index (Phi) is 12.3. The van der Waals surface area contributed by atoms with E-state index in [1.54, 1.807) is 26.2 Å². The summed E-state index contributed by atoms with van der Waals surface area (Å²) in [5.74, 6) is -0.125. The Morgan fingerprint density at radius 1 is 1.15 bits per heavy atom. The average molecular weight is 479 g/mol. The van der Waals surface area contributed by atoms with Gasteiger partial charge in [0.25, 0.3) is 0 Å². The number of aliphatic imine (C=N–C) groups is 1. The number of hydrogen-bond acceptors (Lipinski definition) is 3. The summed E-state index contributed by atoms with van der Waals surface area (Å²) in [6.07, 6.45) is 0.128. The van der Waals surface area contributed by atoms with Gasteiger partial charge < -0.3 is 20.9 Å². The summed E-state index contributed by atoms with van der Waals surface area (Å²) in [5.41, 5.74) is 0.627. The fourth-order valence-corrected chi connectivity index (χ4v) is 1.91. The maximum Gasteiger partial charge on any atom is 0.243 e. The molecule has 0 atom stereocenters. The number of carbonyl (C=O) groups excluding carboxylic acids is 2. The standard InChI is InChI=1S/C17H26FN5O2.HI/c1-4-19-17(22-12-16(25)23(2)3)21-9-8-20-15(24)11-13-6-5-7-14(18)10-13;/h5-7,10H,4,8-9,11-12H2,1-3H3,(H,20,24)(H2,19,21,22);1H. The molecule has 0 heterocycles. The van der Waals surface area contributed by atoms with E-state index in [1.807, 2.05) is 6.92 Å². The van der Waals surface area contributed by atoms with Crippen LogP contribution in [0.4, 0.5) is 4.39 Å². The molecule has 0 bridgehead atoms. The highest BCUT2D eigenvalue weighted by Crippen LogP contribution is 2.03. The van der Waals surface area contributed by atoms with Crippen molar-refractivity contribution in [3.8, 4) is 0 Å². The number of amides is 2. The Balaban J connectivity index is 0.00000625. The van der Waals surface area contributed by atoms with E-state index >= 15 is 0 Å². The minimum Gasteiger partial charge on any atom is -0.357 e. The number of nitrogens with one attached hydrogen (secondary N) is 3. The maximum absolute atomic E-state index is 13.1. The molecule has 146 valence electrons. The molecule has 0 aromatic heterocycles. The molecule has 0 unspecified atom stereocenters. The Hall–Kier alpha value is -1.91. The van der Waals surface area contributed by atoms with Gasteiger partial charge >= 0.3 is 0 Å². The predicted molar refractivity (Wildman–Crippen MR) is 111 cm³/mol. The molecule has 0 aliphatic heterocycles. The molecular formula is C17H27FIN5O2. The van der Waals surface area contributed by atoms with E-state index in [1.165, 1.54) is 17.0 Å². The van der Waals surface area contributed by atoms with Gasteiger partial charge in [0.05, 0.1) is 6.42 Å². The van der Waals surface area contributed by atoms with E-state index in [2.05, 4.69) is 20.9 Å².